The first-order valence-corrected chi connectivity index (χ1v) is 5.32. The van der Waals surface area contributed by atoms with Gasteiger partial charge in [0.05, 0.1) is 10.7 Å². The number of carbonyl (C=O) groups is 2. The van der Waals surface area contributed by atoms with Crippen LogP contribution in [0.25, 0.3) is 0 Å². The largest absolute Gasteiger partial charge is 0.341 e. The van der Waals surface area contributed by atoms with E-state index in [9.17, 15) is 9.59 Å². The van der Waals surface area contributed by atoms with Crippen molar-refractivity contribution >= 4 is 40.7 Å². The van der Waals surface area contributed by atoms with E-state index in [4.69, 9.17) is 23.2 Å². The summed E-state index contributed by atoms with van der Waals surface area (Å²) in [6.07, 6.45) is 0. The molecule has 0 aromatic heterocycles. The zero-order valence-electron chi connectivity index (χ0n) is 8.30. The summed E-state index contributed by atoms with van der Waals surface area (Å²) in [7, 11) is 0. The highest BCUT2D eigenvalue weighted by Crippen LogP contribution is 2.40. The smallest absolute Gasteiger partial charge is 0.251 e. The van der Waals surface area contributed by atoms with Crippen molar-refractivity contribution < 1.29 is 9.59 Å². The normalized spacial score (nSPS) is 17.9. The topological polar surface area (TPSA) is 58.2 Å². The zero-order chi connectivity index (χ0) is 11.9. The van der Waals surface area contributed by atoms with Gasteiger partial charge in [-0.15, -0.1) is 0 Å². The minimum atomic E-state index is -0.765. The summed E-state index contributed by atoms with van der Waals surface area (Å²) in [5, 5.41) is 5.92. The van der Waals surface area contributed by atoms with Crippen molar-refractivity contribution in [3.8, 4) is 0 Å². The van der Waals surface area contributed by atoms with Crippen LogP contribution in [0, 0.1) is 0 Å². The van der Waals surface area contributed by atoms with Crippen molar-refractivity contribution in [2.75, 3.05) is 5.32 Å². The summed E-state index contributed by atoms with van der Waals surface area (Å²) in [6, 6.07) is 2.43. The number of anilines is 1. The van der Waals surface area contributed by atoms with Crippen molar-refractivity contribution in [3.63, 3.8) is 0 Å². The quantitative estimate of drug-likeness (QED) is 0.811. The molecule has 6 heteroatoms. The molecule has 1 atom stereocenters. The molecule has 1 heterocycles. The Balaban J connectivity index is 2.51. The van der Waals surface area contributed by atoms with Crippen LogP contribution in [0.3, 0.4) is 0 Å². The van der Waals surface area contributed by atoms with Crippen LogP contribution in [0.15, 0.2) is 12.1 Å². The third-order valence-corrected chi connectivity index (χ3v) is 2.93. The monoisotopic (exact) mass is 258 g/mol. The van der Waals surface area contributed by atoms with Crippen molar-refractivity contribution in [1.29, 1.82) is 0 Å². The molecule has 4 nitrogen and oxygen atoms in total. The van der Waals surface area contributed by atoms with Crippen molar-refractivity contribution in [2.45, 2.75) is 13.0 Å². The van der Waals surface area contributed by atoms with Crippen molar-refractivity contribution in [2.24, 2.45) is 0 Å². The average Bonchev–Trinajstić information content (AvgIpc) is 2.51. The molecule has 1 aromatic carbocycles. The Morgan fingerprint density at radius 3 is 2.62 bits per heavy atom. The van der Waals surface area contributed by atoms with Gasteiger partial charge in [0.1, 0.15) is 6.04 Å². The molecule has 1 aliphatic heterocycles. The standard InChI is InChI=1S/C10H8Cl2N2O2/c1-4(15)13-9-7-5(11)2-3-6(12)8(7)14-10(9)16/h2-3,9H,1H3,(H,13,15)(H,14,16)/t9-/m0/s1. The second kappa shape index (κ2) is 3.96. The van der Waals surface area contributed by atoms with Crippen LogP contribution >= 0.6 is 23.2 Å². The number of hydrogen-bond donors (Lipinski definition) is 2. The Morgan fingerprint density at radius 2 is 2.00 bits per heavy atom. The van der Waals surface area contributed by atoms with Crippen LogP contribution in [0.1, 0.15) is 18.5 Å². The lowest BCUT2D eigenvalue weighted by molar-refractivity contribution is -0.124. The fourth-order valence-electron chi connectivity index (χ4n) is 1.64. The summed E-state index contributed by atoms with van der Waals surface area (Å²) in [4.78, 5) is 22.6. The van der Waals surface area contributed by atoms with E-state index in [-0.39, 0.29) is 11.8 Å². The molecule has 16 heavy (non-hydrogen) atoms. The maximum atomic E-state index is 11.6. The SMILES string of the molecule is CC(=O)N[C@@H]1C(=O)Nc2c(Cl)ccc(Cl)c21. The zero-order valence-corrected chi connectivity index (χ0v) is 9.82. The van der Waals surface area contributed by atoms with Crippen LogP contribution in [-0.2, 0) is 9.59 Å². The first-order valence-electron chi connectivity index (χ1n) is 4.56. The highest BCUT2D eigenvalue weighted by Gasteiger charge is 2.34. The molecule has 0 bridgehead atoms. The summed E-state index contributed by atoms with van der Waals surface area (Å²) < 4.78 is 0. The van der Waals surface area contributed by atoms with E-state index < -0.39 is 6.04 Å². The molecule has 0 spiro atoms. The maximum absolute atomic E-state index is 11.6. The van der Waals surface area contributed by atoms with Gasteiger partial charge >= 0.3 is 0 Å². The van der Waals surface area contributed by atoms with Crippen molar-refractivity contribution in [1.82, 2.24) is 5.32 Å². The van der Waals surface area contributed by atoms with Crippen LogP contribution in [0.4, 0.5) is 5.69 Å². The molecule has 1 aromatic rings. The molecule has 0 fully saturated rings. The summed E-state index contributed by atoms with van der Waals surface area (Å²) in [6.45, 7) is 1.34. The molecule has 0 unspecified atom stereocenters. The summed E-state index contributed by atoms with van der Waals surface area (Å²) >= 11 is 11.9. The molecule has 0 saturated carbocycles. The van der Waals surface area contributed by atoms with Gasteiger partial charge < -0.3 is 10.6 Å². The molecule has 2 N–H and O–H groups in total. The molecule has 0 aliphatic carbocycles. The summed E-state index contributed by atoms with van der Waals surface area (Å²) in [5.41, 5.74) is 0.993. The molecule has 84 valence electrons. The fraction of sp³-hybridized carbons (Fsp3) is 0.200. The number of amides is 2. The minimum Gasteiger partial charge on any atom is -0.341 e. The maximum Gasteiger partial charge on any atom is 0.251 e. The van der Waals surface area contributed by atoms with Gasteiger partial charge in [-0.2, -0.15) is 0 Å². The third-order valence-electron chi connectivity index (χ3n) is 2.29. The minimum absolute atomic E-state index is 0.302. The van der Waals surface area contributed by atoms with E-state index in [1.807, 2.05) is 0 Å². The molecule has 1 aliphatic rings. The Kier molecular flexibility index (Phi) is 2.78. The lowest BCUT2D eigenvalue weighted by Gasteiger charge is -2.10. The third kappa shape index (κ3) is 1.74. The van der Waals surface area contributed by atoms with Gasteiger partial charge in [-0.3, -0.25) is 9.59 Å². The van der Waals surface area contributed by atoms with E-state index >= 15 is 0 Å². The van der Waals surface area contributed by atoms with Crippen LogP contribution < -0.4 is 10.6 Å². The second-order valence-electron chi connectivity index (χ2n) is 3.44. The molecule has 2 rings (SSSR count). The Labute approximate surface area is 102 Å². The Bertz CT molecular complexity index is 488. The van der Waals surface area contributed by atoms with E-state index in [1.54, 1.807) is 12.1 Å². The average molecular weight is 259 g/mol. The Hall–Kier alpha value is -1.26. The number of benzene rings is 1. The molecular weight excluding hydrogens is 251 g/mol. The first-order chi connectivity index (χ1) is 7.50. The van der Waals surface area contributed by atoms with Gasteiger partial charge in [-0.1, -0.05) is 23.2 Å². The lowest BCUT2D eigenvalue weighted by atomic mass is 10.1. The van der Waals surface area contributed by atoms with Gasteiger partial charge in [0.25, 0.3) is 5.91 Å². The van der Waals surface area contributed by atoms with Crippen LogP contribution in [-0.4, -0.2) is 11.8 Å². The number of rotatable bonds is 1. The summed E-state index contributed by atoms with van der Waals surface area (Å²) in [5.74, 6) is -0.635. The van der Waals surface area contributed by atoms with Gasteiger partial charge in [0.15, 0.2) is 0 Å². The van der Waals surface area contributed by atoms with E-state index in [0.29, 0.717) is 21.3 Å². The molecule has 2 amide bonds. The highest BCUT2D eigenvalue weighted by molar-refractivity contribution is 6.37. The Morgan fingerprint density at radius 1 is 1.38 bits per heavy atom. The van der Waals surface area contributed by atoms with Gasteiger partial charge in [-0.05, 0) is 12.1 Å². The van der Waals surface area contributed by atoms with E-state index in [1.165, 1.54) is 6.92 Å². The highest BCUT2D eigenvalue weighted by atomic mass is 35.5. The molecule has 0 saturated heterocycles. The van der Waals surface area contributed by atoms with Gasteiger partial charge in [0, 0.05) is 17.5 Å². The number of fused-ring (bicyclic) bond motifs is 1. The first kappa shape index (κ1) is 11.2. The molecule has 0 radical (unpaired) electrons. The van der Waals surface area contributed by atoms with Gasteiger partial charge in [-0.25, -0.2) is 0 Å². The van der Waals surface area contributed by atoms with E-state index in [2.05, 4.69) is 10.6 Å². The lowest BCUT2D eigenvalue weighted by Crippen LogP contribution is -2.31. The van der Waals surface area contributed by atoms with Gasteiger partial charge in [0.2, 0.25) is 5.91 Å². The number of carbonyl (C=O) groups excluding carboxylic acids is 2. The predicted molar refractivity (Wildman–Crippen MR) is 61.6 cm³/mol. The predicted octanol–water partition coefficient (Wildman–Crippen LogP) is 2.12. The van der Waals surface area contributed by atoms with Crippen molar-refractivity contribution in [3.05, 3.63) is 27.7 Å². The fourth-order valence-corrected chi connectivity index (χ4v) is 2.12. The second-order valence-corrected chi connectivity index (χ2v) is 4.26. The van der Waals surface area contributed by atoms with Crippen LogP contribution in [0.5, 0.6) is 0 Å². The van der Waals surface area contributed by atoms with E-state index in [0.717, 1.165) is 0 Å². The molecular formula is C10H8Cl2N2O2. The number of nitrogens with one attached hydrogen (secondary N) is 2. The number of hydrogen-bond acceptors (Lipinski definition) is 2. The number of halogens is 2. The van der Waals surface area contributed by atoms with Crippen LogP contribution in [0.2, 0.25) is 10.0 Å².